The third-order valence-corrected chi connectivity index (χ3v) is 3.73. The Morgan fingerprint density at radius 1 is 1.50 bits per heavy atom. The highest BCUT2D eigenvalue weighted by Crippen LogP contribution is 2.22. The first-order chi connectivity index (χ1) is 9.65. The molecule has 0 bridgehead atoms. The summed E-state index contributed by atoms with van der Waals surface area (Å²) < 4.78 is 2.01. The highest BCUT2D eigenvalue weighted by Gasteiger charge is 2.22. The molecule has 1 aromatic heterocycles. The Hall–Kier alpha value is -2.04. The van der Waals surface area contributed by atoms with Crippen LogP contribution in [0.25, 0.3) is 11.0 Å². The summed E-state index contributed by atoms with van der Waals surface area (Å²) in [5.74, 6) is 0.670. The van der Waals surface area contributed by atoms with E-state index in [1.165, 1.54) is 0 Å². The molecule has 1 aromatic carbocycles. The molecular formula is C15H20N4O. The van der Waals surface area contributed by atoms with Crippen molar-refractivity contribution in [3.05, 3.63) is 23.8 Å². The van der Waals surface area contributed by atoms with Gasteiger partial charge in [-0.25, -0.2) is 4.98 Å². The zero-order valence-electron chi connectivity index (χ0n) is 11.7. The molecule has 5 nitrogen and oxygen atoms in total. The number of nitrogen functional groups attached to an aromatic ring is 1. The lowest BCUT2D eigenvalue weighted by Gasteiger charge is -2.08. The van der Waals surface area contributed by atoms with Gasteiger partial charge in [-0.05, 0) is 37.8 Å². The fraction of sp³-hybridized carbons (Fsp3) is 0.467. The molecule has 3 N–H and O–H groups in total. The van der Waals surface area contributed by atoms with Crippen molar-refractivity contribution in [3.8, 4) is 0 Å². The predicted molar refractivity (Wildman–Crippen MR) is 79.3 cm³/mol. The number of benzene rings is 1. The summed E-state index contributed by atoms with van der Waals surface area (Å²) in [4.78, 5) is 16.0. The van der Waals surface area contributed by atoms with Gasteiger partial charge >= 0.3 is 0 Å². The summed E-state index contributed by atoms with van der Waals surface area (Å²) in [5.41, 5.74) is 9.14. The van der Waals surface area contributed by atoms with Crippen LogP contribution in [0.3, 0.4) is 0 Å². The van der Waals surface area contributed by atoms with Crippen molar-refractivity contribution in [1.82, 2.24) is 14.9 Å². The van der Waals surface area contributed by atoms with Crippen LogP contribution in [0.5, 0.6) is 0 Å². The minimum absolute atomic E-state index is 0.146. The van der Waals surface area contributed by atoms with Crippen LogP contribution in [-0.4, -0.2) is 21.5 Å². The number of aromatic nitrogens is 2. The normalized spacial score (nSPS) is 14.7. The molecule has 106 valence electrons. The van der Waals surface area contributed by atoms with Crippen LogP contribution < -0.4 is 11.1 Å². The van der Waals surface area contributed by atoms with E-state index < -0.39 is 0 Å². The number of carbonyl (C=O) groups excluding carboxylic acids is 1. The van der Waals surface area contributed by atoms with Crippen molar-refractivity contribution >= 4 is 22.9 Å². The van der Waals surface area contributed by atoms with Crippen molar-refractivity contribution in [2.75, 3.05) is 5.73 Å². The number of hydrogen-bond donors (Lipinski definition) is 2. The largest absolute Gasteiger partial charge is 0.369 e. The Labute approximate surface area is 118 Å². The van der Waals surface area contributed by atoms with E-state index in [1.807, 2.05) is 16.7 Å². The van der Waals surface area contributed by atoms with Crippen LogP contribution in [0.4, 0.5) is 5.95 Å². The van der Waals surface area contributed by atoms with Crippen LogP contribution in [0.1, 0.15) is 31.2 Å². The quantitative estimate of drug-likeness (QED) is 0.874. The molecule has 1 fully saturated rings. The molecule has 3 rings (SSSR count). The fourth-order valence-corrected chi connectivity index (χ4v) is 2.53. The number of para-hydroxylation sites is 1. The van der Waals surface area contributed by atoms with E-state index in [-0.39, 0.29) is 5.91 Å². The first-order valence-corrected chi connectivity index (χ1v) is 7.16. The second kappa shape index (κ2) is 5.15. The third-order valence-electron chi connectivity index (χ3n) is 3.73. The van der Waals surface area contributed by atoms with Gasteiger partial charge in [0.1, 0.15) is 0 Å². The maximum Gasteiger partial charge on any atom is 0.220 e. The summed E-state index contributed by atoms with van der Waals surface area (Å²) in [6.07, 6.45) is 3.58. The molecule has 20 heavy (non-hydrogen) atoms. The third kappa shape index (κ3) is 2.61. The van der Waals surface area contributed by atoms with Gasteiger partial charge in [-0.15, -0.1) is 0 Å². The lowest BCUT2D eigenvalue weighted by Crippen LogP contribution is -2.25. The molecule has 1 aliphatic carbocycles. The standard InChI is InChI=1S/C15H20N4O/c1-10-4-2-5-12-14(10)19(15(16)18-12)9-3-6-13(20)17-11-7-8-11/h2,4-5,11H,3,6-9H2,1H3,(H2,16,18)(H,17,20). The molecule has 1 saturated carbocycles. The average molecular weight is 272 g/mol. The van der Waals surface area contributed by atoms with Crippen LogP contribution >= 0.6 is 0 Å². The minimum Gasteiger partial charge on any atom is -0.369 e. The molecule has 0 aliphatic heterocycles. The van der Waals surface area contributed by atoms with Gasteiger partial charge in [0.15, 0.2) is 0 Å². The first-order valence-electron chi connectivity index (χ1n) is 7.16. The molecule has 0 atom stereocenters. The van der Waals surface area contributed by atoms with E-state index in [1.54, 1.807) is 0 Å². The fourth-order valence-electron chi connectivity index (χ4n) is 2.53. The Balaban J connectivity index is 1.67. The van der Waals surface area contributed by atoms with Gasteiger partial charge in [-0.1, -0.05) is 12.1 Å². The van der Waals surface area contributed by atoms with E-state index in [4.69, 9.17) is 5.73 Å². The Morgan fingerprint density at radius 2 is 2.30 bits per heavy atom. The van der Waals surface area contributed by atoms with Gasteiger partial charge in [0.2, 0.25) is 11.9 Å². The summed E-state index contributed by atoms with van der Waals surface area (Å²) in [6.45, 7) is 2.78. The molecule has 0 spiro atoms. The highest BCUT2D eigenvalue weighted by molar-refractivity contribution is 5.81. The number of amides is 1. The molecule has 0 saturated heterocycles. The monoisotopic (exact) mass is 272 g/mol. The number of imidazole rings is 1. The second-order valence-electron chi connectivity index (χ2n) is 5.51. The van der Waals surface area contributed by atoms with Gasteiger partial charge < -0.3 is 15.6 Å². The van der Waals surface area contributed by atoms with E-state index in [2.05, 4.69) is 23.3 Å². The lowest BCUT2D eigenvalue weighted by molar-refractivity contribution is -0.121. The van der Waals surface area contributed by atoms with Gasteiger partial charge in [0.05, 0.1) is 11.0 Å². The topological polar surface area (TPSA) is 72.9 Å². The highest BCUT2D eigenvalue weighted by atomic mass is 16.1. The number of carbonyl (C=O) groups is 1. The first kappa shape index (κ1) is 13.0. The lowest BCUT2D eigenvalue weighted by atomic mass is 10.2. The summed E-state index contributed by atoms with van der Waals surface area (Å²) in [5, 5.41) is 3.00. The second-order valence-corrected chi connectivity index (χ2v) is 5.51. The van der Waals surface area contributed by atoms with Crippen molar-refractivity contribution in [2.45, 2.75) is 45.2 Å². The van der Waals surface area contributed by atoms with Crippen LogP contribution in [0.2, 0.25) is 0 Å². The predicted octanol–water partition coefficient (Wildman–Crippen LogP) is 1.99. The molecule has 0 unspecified atom stereocenters. The van der Waals surface area contributed by atoms with Crippen molar-refractivity contribution in [1.29, 1.82) is 0 Å². The zero-order valence-corrected chi connectivity index (χ0v) is 11.7. The maximum atomic E-state index is 11.7. The molecule has 1 amide bonds. The Bertz CT molecular complexity index is 643. The van der Waals surface area contributed by atoms with Crippen molar-refractivity contribution in [2.24, 2.45) is 0 Å². The van der Waals surface area contributed by atoms with E-state index in [0.29, 0.717) is 18.4 Å². The zero-order chi connectivity index (χ0) is 14.1. The van der Waals surface area contributed by atoms with Crippen LogP contribution in [-0.2, 0) is 11.3 Å². The number of nitrogens with one attached hydrogen (secondary N) is 1. The Morgan fingerprint density at radius 3 is 3.05 bits per heavy atom. The van der Waals surface area contributed by atoms with Gasteiger partial charge in [0, 0.05) is 19.0 Å². The van der Waals surface area contributed by atoms with Gasteiger partial charge in [-0.2, -0.15) is 0 Å². The number of anilines is 1. The number of rotatable bonds is 5. The smallest absolute Gasteiger partial charge is 0.220 e. The summed E-state index contributed by atoms with van der Waals surface area (Å²) in [6, 6.07) is 6.44. The van der Waals surface area contributed by atoms with Gasteiger partial charge in [-0.3, -0.25) is 4.79 Å². The van der Waals surface area contributed by atoms with Gasteiger partial charge in [0.25, 0.3) is 0 Å². The SMILES string of the molecule is Cc1cccc2nc(N)n(CCCC(=O)NC3CC3)c12. The summed E-state index contributed by atoms with van der Waals surface area (Å²) in [7, 11) is 0. The van der Waals surface area contributed by atoms with E-state index in [9.17, 15) is 4.79 Å². The van der Waals surface area contributed by atoms with E-state index >= 15 is 0 Å². The van der Waals surface area contributed by atoms with Crippen molar-refractivity contribution < 1.29 is 4.79 Å². The minimum atomic E-state index is 0.146. The summed E-state index contributed by atoms with van der Waals surface area (Å²) >= 11 is 0. The van der Waals surface area contributed by atoms with Crippen LogP contribution in [0, 0.1) is 6.92 Å². The average Bonchev–Trinajstić information content (AvgIpc) is 3.14. The number of hydrogen-bond acceptors (Lipinski definition) is 3. The molecule has 5 heteroatoms. The molecule has 2 aromatic rings. The molecule has 1 heterocycles. The van der Waals surface area contributed by atoms with Crippen molar-refractivity contribution in [3.63, 3.8) is 0 Å². The van der Waals surface area contributed by atoms with Crippen LogP contribution in [0.15, 0.2) is 18.2 Å². The molecule has 0 radical (unpaired) electrons. The van der Waals surface area contributed by atoms with E-state index in [0.717, 1.165) is 42.4 Å². The number of nitrogens with two attached hydrogens (primary N) is 1. The number of fused-ring (bicyclic) bond motifs is 1. The Kier molecular flexibility index (Phi) is 3.34. The number of nitrogens with zero attached hydrogens (tertiary/aromatic N) is 2. The number of aryl methyl sites for hydroxylation is 2. The maximum absolute atomic E-state index is 11.7. The molecular weight excluding hydrogens is 252 g/mol. The molecule has 1 aliphatic rings.